The summed E-state index contributed by atoms with van der Waals surface area (Å²) in [4.78, 5) is 32.0. The minimum atomic E-state index is -0.499. The second-order valence-corrected chi connectivity index (χ2v) is 10.2. The summed E-state index contributed by atoms with van der Waals surface area (Å²) in [6, 6.07) is 0. The van der Waals surface area contributed by atoms with Gasteiger partial charge >= 0.3 is 6.09 Å². The third-order valence-corrected chi connectivity index (χ3v) is 6.56. The first kappa shape index (κ1) is 22.4. The van der Waals surface area contributed by atoms with E-state index >= 15 is 0 Å². The maximum absolute atomic E-state index is 13.2. The molecule has 0 N–H and O–H groups in total. The minimum Gasteiger partial charge on any atom is -0.444 e. The van der Waals surface area contributed by atoms with Crippen LogP contribution in [0.1, 0.15) is 72.1 Å². The molecule has 2 amide bonds. The monoisotopic (exact) mass is 407 g/mol. The van der Waals surface area contributed by atoms with Crippen LogP contribution in [-0.2, 0) is 9.53 Å². The molecular formula is C23H41N3O3. The fourth-order valence-electron chi connectivity index (χ4n) is 5.04. The predicted octanol–water partition coefficient (Wildman–Crippen LogP) is 3.75. The summed E-state index contributed by atoms with van der Waals surface area (Å²) in [6.07, 6.45) is 9.45. The van der Waals surface area contributed by atoms with E-state index in [0.29, 0.717) is 13.1 Å². The summed E-state index contributed by atoms with van der Waals surface area (Å²) in [6.45, 7) is 11.8. The summed E-state index contributed by atoms with van der Waals surface area (Å²) < 4.78 is 5.51. The topological polar surface area (TPSA) is 53.1 Å². The number of hydrogen-bond donors (Lipinski definition) is 0. The standard InChI is InChI=1S/C23H41N3O3/c1-23(2,3)29-22(28)26-13-7-11-20(18-26)21(27)25-14-8-12-24(15-16-25)17-19-9-5-4-6-10-19/h19-20H,4-18H2,1-3H3. The average molecular weight is 408 g/mol. The van der Waals surface area contributed by atoms with Crippen molar-refractivity contribution in [3.05, 3.63) is 0 Å². The van der Waals surface area contributed by atoms with E-state index in [1.807, 2.05) is 20.8 Å². The van der Waals surface area contributed by atoms with Gasteiger partial charge in [0.05, 0.1) is 5.92 Å². The van der Waals surface area contributed by atoms with Crippen LogP contribution in [0, 0.1) is 11.8 Å². The Bertz CT molecular complexity index is 554. The van der Waals surface area contributed by atoms with Crippen molar-refractivity contribution >= 4 is 12.0 Å². The summed E-state index contributed by atoms with van der Waals surface area (Å²) in [5.41, 5.74) is -0.499. The molecule has 29 heavy (non-hydrogen) atoms. The Morgan fingerprint density at radius 3 is 2.28 bits per heavy atom. The lowest BCUT2D eigenvalue weighted by atomic mass is 9.89. The number of hydrogen-bond acceptors (Lipinski definition) is 4. The van der Waals surface area contributed by atoms with E-state index in [1.165, 1.54) is 38.6 Å². The van der Waals surface area contributed by atoms with Gasteiger partial charge in [-0.2, -0.15) is 0 Å². The fraction of sp³-hybridized carbons (Fsp3) is 0.913. The first-order valence-electron chi connectivity index (χ1n) is 11.8. The Kier molecular flexibility index (Phi) is 7.83. The predicted molar refractivity (Wildman–Crippen MR) is 115 cm³/mol. The highest BCUT2D eigenvalue weighted by atomic mass is 16.6. The highest BCUT2D eigenvalue weighted by molar-refractivity contribution is 5.80. The molecule has 3 rings (SSSR count). The van der Waals surface area contributed by atoms with E-state index in [0.717, 1.165) is 51.4 Å². The number of nitrogens with zero attached hydrogens (tertiary/aromatic N) is 3. The van der Waals surface area contributed by atoms with Crippen molar-refractivity contribution in [1.82, 2.24) is 14.7 Å². The van der Waals surface area contributed by atoms with Crippen molar-refractivity contribution in [2.24, 2.45) is 11.8 Å². The molecule has 0 bridgehead atoms. The Labute approximate surface area is 176 Å². The maximum Gasteiger partial charge on any atom is 0.410 e. The van der Waals surface area contributed by atoms with Crippen LogP contribution in [0.15, 0.2) is 0 Å². The van der Waals surface area contributed by atoms with Crippen LogP contribution in [0.2, 0.25) is 0 Å². The van der Waals surface area contributed by atoms with Crippen molar-refractivity contribution in [3.63, 3.8) is 0 Å². The van der Waals surface area contributed by atoms with Crippen molar-refractivity contribution in [2.75, 3.05) is 45.8 Å². The number of ether oxygens (including phenoxy) is 1. The lowest BCUT2D eigenvalue weighted by Gasteiger charge is -2.35. The van der Waals surface area contributed by atoms with Crippen molar-refractivity contribution < 1.29 is 14.3 Å². The van der Waals surface area contributed by atoms with Gasteiger partial charge in [0.1, 0.15) is 5.60 Å². The highest BCUT2D eigenvalue weighted by Gasteiger charge is 2.33. The first-order chi connectivity index (χ1) is 13.8. The zero-order valence-corrected chi connectivity index (χ0v) is 18.8. The number of carbonyl (C=O) groups excluding carboxylic acids is 2. The van der Waals surface area contributed by atoms with Crippen molar-refractivity contribution in [2.45, 2.75) is 77.7 Å². The summed E-state index contributed by atoms with van der Waals surface area (Å²) in [7, 11) is 0. The Morgan fingerprint density at radius 1 is 0.828 bits per heavy atom. The highest BCUT2D eigenvalue weighted by Crippen LogP contribution is 2.25. The molecule has 0 aromatic heterocycles. The molecule has 0 radical (unpaired) electrons. The Morgan fingerprint density at radius 2 is 1.55 bits per heavy atom. The minimum absolute atomic E-state index is 0.0823. The van der Waals surface area contributed by atoms with Crippen LogP contribution in [0.4, 0.5) is 4.79 Å². The molecule has 166 valence electrons. The molecule has 3 fully saturated rings. The normalized spacial score (nSPS) is 25.6. The SMILES string of the molecule is CC(C)(C)OC(=O)N1CCCC(C(=O)N2CCCN(CC3CCCCC3)CC2)C1. The first-order valence-corrected chi connectivity index (χ1v) is 11.8. The molecule has 2 saturated heterocycles. The van der Waals surface area contributed by atoms with E-state index in [9.17, 15) is 9.59 Å². The molecule has 1 unspecified atom stereocenters. The van der Waals surface area contributed by atoms with Gasteiger partial charge in [-0.3, -0.25) is 4.79 Å². The molecule has 0 spiro atoms. The quantitative estimate of drug-likeness (QED) is 0.715. The molecule has 6 heteroatoms. The lowest BCUT2D eigenvalue weighted by Crippen LogP contribution is -2.48. The van der Waals surface area contributed by atoms with E-state index in [2.05, 4.69) is 9.80 Å². The average Bonchev–Trinajstić information content (AvgIpc) is 2.92. The third kappa shape index (κ3) is 6.87. The molecule has 2 aliphatic heterocycles. The lowest BCUT2D eigenvalue weighted by molar-refractivity contribution is -0.137. The van der Waals surface area contributed by atoms with Gasteiger partial charge in [-0.25, -0.2) is 4.79 Å². The van der Waals surface area contributed by atoms with Crippen LogP contribution in [-0.4, -0.2) is 78.1 Å². The van der Waals surface area contributed by atoms with Gasteiger partial charge in [0.25, 0.3) is 0 Å². The van der Waals surface area contributed by atoms with Crippen LogP contribution < -0.4 is 0 Å². The van der Waals surface area contributed by atoms with E-state index in [-0.39, 0.29) is 17.9 Å². The zero-order valence-electron chi connectivity index (χ0n) is 18.8. The number of rotatable bonds is 3. The van der Waals surface area contributed by atoms with Crippen LogP contribution in [0.5, 0.6) is 0 Å². The second-order valence-electron chi connectivity index (χ2n) is 10.2. The summed E-state index contributed by atoms with van der Waals surface area (Å²) >= 11 is 0. The smallest absolute Gasteiger partial charge is 0.410 e. The van der Waals surface area contributed by atoms with Crippen LogP contribution >= 0.6 is 0 Å². The summed E-state index contributed by atoms with van der Waals surface area (Å²) in [5.74, 6) is 1.01. The van der Waals surface area contributed by atoms with Gasteiger partial charge in [0.2, 0.25) is 5.91 Å². The second kappa shape index (κ2) is 10.1. The molecule has 0 aromatic rings. The number of likely N-dealkylation sites (tertiary alicyclic amines) is 1. The molecule has 1 saturated carbocycles. The molecule has 3 aliphatic rings. The van der Waals surface area contributed by atoms with Gasteiger partial charge in [-0.05, 0) is 65.3 Å². The molecule has 0 aromatic carbocycles. The molecule has 1 atom stereocenters. The molecular weight excluding hydrogens is 366 g/mol. The number of amides is 2. The zero-order chi connectivity index (χ0) is 20.9. The van der Waals surface area contributed by atoms with Gasteiger partial charge in [-0.1, -0.05) is 19.3 Å². The van der Waals surface area contributed by atoms with Gasteiger partial charge < -0.3 is 19.4 Å². The number of carbonyl (C=O) groups is 2. The van der Waals surface area contributed by atoms with Crippen molar-refractivity contribution in [3.8, 4) is 0 Å². The van der Waals surface area contributed by atoms with E-state index in [1.54, 1.807) is 4.90 Å². The Balaban J connectivity index is 1.48. The Hall–Kier alpha value is -1.30. The van der Waals surface area contributed by atoms with E-state index < -0.39 is 5.60 Å². The molecule has 2 heterocycles. The third-order valence-electron chi connectivity index (χ3n) is 6.56. The van der Waals surface area contributed by atoms with E-state index in [4.69, 9.17) is 4.74 Å². The van der Waals surface area contributed by atoms with Gasteiger partial charge in [0.15, 0.2) is 0 Å². The van der Waals surface area contributed by atoms with Gasteiger partial charge in [0, 0.05) is 39.3 Å². The molecule has 6 nitrogen and oxygen atoms in total. The maximum atomic E-state index is 13.2. The van der Waals surface area contributed by atoms with Gasteiger partial charge in [-0.15, -0.1) is 0 Å². The van der Waals surface area contributed by atoms with Crippen LogP contribution in [0.3, 0.4) is 0 Å². The summed E-state index contributed by atoms with van der Waals surface area (Å²) in [5, 5.41) is 0. The fourth-order valence-corrected chi connectivity index (χ4v) is 5.04. The largest absolute Gasteiger partial charge is 0.444 e. The van der Waals surface area contributed by atoms with Crippen molar-refractivity contribution in [1.29, 1.82) is 0 Å². The molecule has 1 aliphatic carbocycles. The van der Waals surface area contributed by atoms with Crippen LogP contribution in [0.25, 0.3) is 0 Å². The number of piperidine rings is 1.